The van der Waals surface area contributed by atoms with Gasteiger partial charge in [-0.05, 0) is 17.5 Å². The summed E-state index contributed by atoms with van der Waals surface area (Å²) in [5.41, 5.74) is 8.40. The number of hydrogen-bond acceptors (Lipinski definition) is 5. The Hall–Kier alpha value is -2.80. The van der Waals surface area contributed by atoms with E-state index in [0.717, 1.165) is 16.6 Å². The van der Waals surface area contributed by atoms with Crippen LogP contribution in [0.15, 0.2) is 35.1 Å². The van der Waals surface area contributed by atoms with Gasteiger partial charge in [-0.2, -0.15) is 4.98 Å². The molecule has 2 aromatic heterocycles. The van der Waals surface area contributed by atoms with Gasteiger partial charge in [-0.1, -0.05) is 18.2 Å². The number of ether oxygens (including phenoxy) is 1. The van der Waals surface area contributed by atoms with E-state index in [0.29, 0.717) is 24.6 Å². The number of aromatic nitrogens is 3. The van der Waals surface area contributed by atoms with Crippen LogP contribution in [0, 0.1) is 0 Å². The maximum absolute atomic E-state index is 11.6. The van der Waals surface area contributed by atoms with Crippen LogP contribution in [0.25, 0.3) is 10.9 Å². The average molecular weight is 311 g/mol. The first kappa shape index (κ1) is 13.8. The van der Waals surface area contributed by atoms with Gasteiger partial charge in [0, 0.05) is 24.8 Å². The van der Waals surface area contributed by atoms with Crippen LogP contribution in [0.4, 0.5) is 5.82 Å². The number of benzene rings is 1. The second-order valence-corrected chi connectivity index (χ2v) is 5.60. The maximum Gasteiger partial charge on any atom is 0.349 e. The Morgan fingerprint density at radius 2 is 2.22 bits per heavy atom. The molecule has 4 rings (SSSR count). The Morgan fingerprint density at radius 1 is 1.39 bits per heavy atom. The van der Waals surface area contributed by atoms with Crippen molar-refractivity contribution >= 4 is 16.7 Å². The molecule has 1 aliphatic rings. The minimum absolute atomic E-state index is 0.200. The lowest BCUT2D eigenvalue weighted by Crippen LogP contribution is -2.27. The summed E-state index contributed by atoms with van der Waals surface area (Å²) in [5.74, 6) is 0.580. The van der Waals surface area contributed by atoms with E-state index in [1.807, 2.05) is 19.2 Å². The number of aryl methyl sites for hydroxylation is 1. The molecule has 3 aromatic rings. The maximum atomic E-state index is 11.6. The van der Waals surface area contributed by atoms with Crippen LogP contribution in [0.1, 0.15) is 17.3 Å². The van der Waals surface area contributed by atoms with E-state index in [1.165, 1.54) is 0 Å². The molecule has 0 bridgehead atoms. The standard InChI is InChI=1S/C16H17N5O2/c1-21-10-5-3-2-4-9(10)8-11(21)13-12-14(17)19-16(22)20-15(12)23-7-6-18-13/h2-5,8,13,18H,6-7H2,1H3,(H3,17,19,20,22). The molecular formula is C16H17N5O2. The van der Waals surface area contributed by atoms with E-state index >= 15 is 0 Å². The van der Waals surface area contributed by atoms with Crippen molar-refractivity contribution in [3.8, 4) is 5.88 Å². The summed E-state index contributed by atoms with van der Waals surface area (Å²) in [6.07, 6.45) is 0. The van der Waals surface area contributed by atoms with Crippen molar-refractivity contribution in [1.82, 2.24) is 19.9 Å². The summed E-state index contributed by atoms with van der Waals surface area (Å²) in [5, 5.41) is 4.58. The molecule has 0 saturated carbocycles. The summed E-state index contributed by atoms with van der Waals surface area (Å²) >= 11 is 0. The lowest BCUT2D eigenvalue weighted by molar-refractivity contribution is 0.312. The number of anilines is 1. The van der Waals surface area contributed by atoms with Crippen molar-refractivity contribution in [1.29, 1.82) is 0 Å². The van der Waals surface area contributed by atoms with Gasteiger partial charge >= 0.3 is 5.69 Å². The third-order valence-corrected chi connectivity index (χ3v) is 4.23. The fraction of sp³-hybridized carbons (Fsp3) is 0.250. The second-order valence-electron chi connectivity index (χ2n) is 5.60. The van der Waals surface area contributed by atoms with Crippen LogP contribution in [0.5, 0.6) is 5.88 Å². The first-order valence-electron chi connectivity index (χ1n) is 7.45. The van der Waals surface area contributed by atoms with Crippen LogP contribution >= 0.6 is 0 Å². The molecule has 0 aliphatic carbocycles. The van der Waals surface area contributed by atoms with E-state index in [-0.39, 0.29) is 11.9 Å². The van der Waals surface area contributed by atoms with Gasteiger partial charge in [-0.3, -0.25) is 4.98 Å². The van der Waals surface area contributed by atoms with E-state index < -0.39 is 5.69 Å². The molecule has 1 unspecified atom stereocenters. The van der Waals surface area contributed by atoms with Crippen LogP contribution < -0.4 is 21.5 Å². The molecule has 7 heteroatoms. The monoisotopic (exact) mass is 311 g/mol. The smallest absolute Gasteiger partial charge is 0.349 e. The molecule has 4 N–H and O–H groups in total. The first-order chi connectivity index (χ1) is 11.1. The largest absolute Gasteiger partial charge is 0.476 e. The zero-order valence-corrected chi connectivity index (χ0v) is 12.7. The van der Waals surface area contributed by atoms with Crippen LogP contribution in [-0.2, 0) is 7.05 Å². The SMILES string of the molecule is Cn1c(C2NCCOc3nc(=O)[nH]c(N)c32)cc2ccccc21. The number of aromatic amines is 1. The Kier molecular flexibility index (Phi) is 3.09. The summed E-state index contributed by atoms with van der Waals surface area (Å²) in [7, 11) is 2.01. The van der Waals surface area contributed by atoms with E-state index in [4.69, 9.17) is 10.5 Å². The van der Waals surface area contributed by atoms with Gasteiger partial charge in [-0.25, -0.2) is 4.79 Å². The average Bonchev–Trinajstić information content (AvgIpc) is 2.72. The van der Waals surface area contributed by atoms with Gasteiger partial charge in [0.05, 0.1) is 11.6 Å². The minimum atomic E-state index is -0.501. The molecule has 1 atom stereocenters. The number of nitrogens with two attached hydrogens (primary N) is 1. The first-order valence-corrected chi connectivity index (χ1v) is 7.45. The topological polar surface area (TPSA) is 98.0 Å². The highest BCUT2D eigenvalue weighted by molar-refractivity contribution is 5.81. The van der Waals surface area contributed by atoms with Crippen molar-refractivity contribution < 1.29 is 4.74 Å². The van der Waals surface area contributed by atoms with E-state index in [1.54, 1.807) is 0 Å². The summed E-state index contributed by atoms with van der Waals surface area (Å²) < 4.78 is 7.71. The molecule has 118 valence electrons. The van der Waals surface area contributed by atoms with Crippen molar-refractivity contribution in [2.75, 3.05) is 18.9 Å². The van der Waals surface area contributed by atoms with E-state index in [9.17, 15) is 4.79 Å². The van der Waals surface area contributed by atoms with Gasteiger partial charge in [0.2, 0.25) is 5.88 Å². The number of para-hydroxylation sites is 1. The molecule has 1 aliphatic heterocycles. The zero-order chi connectivity index (χ0) is 16.0. The summed E-state index contributed by atoms with van der Waals surface area (Å²) in [6.45, 7) is 1.07. The van der Waals surface area contributed by atoms with E-state index in [2.05, 4.69) is 38.1 Å². The van der Waals surface area contributed by atoms with Crippen LogP contribution in [-0.4, -0.2) is 27.7 Å². The molecule has 0 saturated heterocycles. The Labute approximate surface area is 132 Å². The molecule has 0 fully saturated rings. The number of nitrogen functional groups attached to an aromatic ring is 1. The fourth-order valence-electron chi connectivity index (χ4n) is 3.16. The third kappa shape index (κ3) is 2.17. The number of H-pyrrole nitrogens is 1. The van der Waals surface area contributed by atoms with Crippen LogP contribution in [0.2, 0.25) is 0 Å². The summed E-state index contributed by atoms with van der Waals surface area (Å²) in [4.78, 5) is 18.1. The predicted molar refractivity (Wildman–Crippen MR) is 87.5 cm³/mol. The normalized spacial score (nSPS) is 17.5. The van der Waals surface area contributed by atoms with Gasteiger partial charge < -0.3 is 20.4 Å². The van der Waals surface area contributed by atoms with Gasteiger partial charge in [0.1, 0.15) is 12.4 Å². The molecular weight excluding hydrogens is 294 g/mol. The number of hydrogen-bond donors (Lipinski definition) is 3. The van der Waals surface area contributed by atoms with Crippen molar-refractivity contribution in [3.63, 3.8) is 0 Å². The third-order valence-electron chi connectivity index (χ3n) is 4.23. The lowest BCUT2D eigenvalue weighted by Gasteiger charge is -2.19. The highest BCUT2D eigenvalue weighted by Crippen LogP contribution is 2.34. The number of fused-ring (bicyclic) bond motifs is 2. The molecule has 23 heavy (non-hydrogen) atoms. The molecule has 1 aromatic carbocycles. The highest BCUT2D eigenvalue weighted by Gasteiger charge is 2.28. The number of nitrogens with zero attached hydrogens (tertiary/aromatic N) is 2. The quantitative estimate of drug-likeness (QED) is 0.621. The Bertz CT molecular complexity index is 943. The number of rotatable bonds is 1. The zero-order valence-electron chi connectivity index (χ0n) is 12.7. The highest BCUT2D eigenvalue weighted by atomic mass is 16.5. The Morgan fingerprint density at radius 3 is 3.04 bits per heavy atom. The van der Waals surface area contributed by atoms with Gasteiger partial charge in [0.15, 0.2) is 0 Å². The van der Waals surface area contributed by atoms with Crippen molar-refractivity contribution in [2.24, 2.45) is 7.05 Å². The minimum Gasteiger partial charge on any atom is -0.476 e. The molecule has 7 nitrogen and oxygen atoms in total. The Balaban J connectivity index is 1.95. The van der Waals surface area contributed by atoms with Crippen LogP contribution in [0.3, 0.4) is 0 Å². The molecule has 0 amide bonds. The van der Waals surface area contributed by atoms with Crippen molar-refractivity contribution in [3.05, 3.63) is 52.1 Å². The van der Waals surface area contributed by atoms with Crippen molar-refractivity contribution in [2.45, 2.75) is 6.04 Å². The molecule has 0 radical (unpaired) electrons. The molecule has 0 spiro atoms. The van der Waals surface area contributed by atoms with Gasteiger partial charge in [0.25, 0.3) is 0 Å². The fourth-order valence-corrected chi connectivity index (χ4v) is 3.16. The summed E-state index contributed by atoms with van der Waals surface area (Å²) in [6, 6.07) is 10.1. The lowest BCUT2D eigenvalue weighted by atomic mass is 10.1. The molecule has 3 heterocycles. The predicted octanol–water partition coefficient (Wildman–Crippen LogP) is 0.915. The second kappa shape index (κ2) is 5.13. The number of nitrogens with one attached hydrogen (secondary N) is 2. The van der Waals surface area contributed by atoms with Gasteiger partial charge in [-0.15, -0.1) is 0 Å².